The second-order valence-electron chi connectivity index (χ2n) is 11.5. The maximum absolute atomic E-state index is 14.1. The summed E-state index contributed by atoms with van der Waals surface area (Å²) in [5.41, 5.74) is 3.37. The number of carbonyl (C=O) groups excluding carboxylic acids is 4. The number of nitrogens with one attached hydrogen (secondary N) is 1. The minimum Gasteiger partial charge on any atom is -0.508 e. The van der Waals surface area contributed by atoms with Crippen molar-refractivity contribution < 1.29 is 24.3 Å². The van der Waals surface area contributed by atoms with Gasteiger partial charge < -0.3 is 25.1 Å². The van der Waals surface area contributed by atoms with Crippen LogP contribution in [0.3, 0.4) is 0 Å². The Bertz CT molecular complexity index is 1550. The average Bonchev–Trinajstić information content (AvgIpc) is 3.45. The molecule has 0 unspecified atom stereocenters. The number of benzene rings is 3. The summed E-state index contributed by atoms with van der Waals surface area (Å²) in [7, 11) is 1.70. The number of rotatable bonds is 7. The number of amides is 5. The first-order valence-electron chi connectivity index (χ1n) is 14.9. The largest absolute Gasteiger partial charge is 0.508 e. The van der Waals surface area contributed by atoms with E-state index in [1.54, 1.807) is 51.0 Å². The summed E-state index contributed by atoms with van der Waals surface area (Å²) in [6.45, 7) is 1.29. The van der Waals surface area contributed by atoms with Gasteiger partial charge in [0.05, 0.1) is 13.1 Å². The van der Waals surface area contributed by atoms with Gasteiger partial charge in [-0.1, -0.05) is 54.6 Å². The van der Waals surface area contributed by atoms with Crippen LogP contribution in [0.2, 0.25) is 0 Å². The average molecular weight is 597 g/mol. The van der Waals surface area contributed by atoms with Gasteiger partial charge in [-0.25, -0.2) is 14.8 Å². The lowest BCUT2D eigenvalue weighted by atomic mass is 9.98. The van der Waals surface area contributed by atoms with Gasteiger partial charge in [-0.2, -0.15) is 0 Å². The van der Waals surface area contributed by atoms with E-state index in [0.29, 0.717) is 19.5 Å². The fourth-order valence-corrected chi connectivity index (χ4v) is 6.32. The lowest BCUT2D eigenvalue weighted by Gasteiger charge is -2.54. The third-order valence-corrected chi connectivity index (χ3v) is 8.47. The zero-order chi connectivity index (χ0) is 30.8. The van der Waals surface area contributed by atoms with Gasteiger partial charge in [-0.3, -0.25) is 14.4 Å². The van der Waals surface area contributed by atoms with E-state index in [-0.39, 0.29) is 55.6 Å². The van der Waals surface area contributed by atoms with Crippen LogP contribution in [0, 0.1) is 0 Å². The van der Waals surface area contributed by atoms with Crippen molar-refractivity contribution in [3.8, 4) is 5.75 Å². The van der Waals surface area contributed by atoms with Gasteiger partial charge in [0.2, 0.25) is 17.7 Å². The Morgan fingerprint density at radius 3 is 2.39 bits per heavy atom. The highest BCUT2D eigenvalue weighted by Crippen LogP contribution is 2.30. The smallest absolute Gasteiger partial charge is 0.334 e. The Balaban J connectivity index is 1.30. The summed E-state index contributed by atoms with van der Waals surface area (Å²) in [6, 6.07) is 22.5. The van der Waals surface area contributed by atoms with Crippen molar-refractivity contribution in [2.24, 2.45) is 0 Å². The standard InChI is InChI=1S/C33H36N6O5/c1-35-22-31(42)38-28(18-23-12-14-27(40)15-13-23)32(43)36(20-25-9-5-10-26(17-25)37-16-6-11-30(37)41)21-29(38)39(35)33(44)34-19-24-7-3-2-4-8-24/h2-5,7-10,12-15,17,28-29,40H,6,11,16,18-22H2,1H3,(H,34,44)/t28-,29-/m0/s1. The third-order valence-electron chi connectivity index (χ3n) is 8.47. The lowest BCUT2D eigenvalue weighted by molar-refractivity contribution is -0.187. The van der Waals surface area contributed by atoms with Crippen LogP contribution >= 0.6 is 0 Å². The lowest BCUT2D eigenvalue weighted by Crippen LogP contribution is -2.76. The van der Waals surface area contributed by atoms with Crippen molar-refractivity contribution in [2.45, 2.75) is 44.6 Å². The molecule has 228 valence electrons. The van der Waals surface area contributed by atoms with Gasteiger partial charge >= 0.3 is 6.03 Å². The molecule has 0 spiro atoms. The molecular formula is C33H36N6O5. The fraction of sp³-hybridized carbons (Fsp3) is 0.333. The molecule has 0 bridgehead atoms. The van der Waals surface area contributed by atoms with Crippen molar-refractivity contribution in [3.05, 3.63) is 95.6 Å². The van der Waals surface area contributed by atoms with Gasteiger partial charge in [-0.05, 0) is 47.4 Å². The molecule has 2 N–H and O–H groups in total. The zero-order valence-corrected chi connectivity index (χ0v) is 24.6. The molecule has 0 saturated carbocycles. The molecule has 0 aromatic heterocycles. The summed E-state index contributed by atoms with van der Waals surface area (Å²) in [5.74, 6) is -0.270. The number of piperazine rings is 1. The van der Waals surface area contributed by atoms with Crippen LogP contribution < -0.4 is 10.2 Å². The number of nitrogens with zero attached hydrogens (tertiary/aromatic N) is 5. The van der Waals surface area contributed by atoms with Crippen molar-refractivity contribution in [3.63, 3.8) is 0 Å². The highest BCUT2D eigenvalue weighted by atomic mass is 16.3. The Labute approximate surface area is 256 Å². The minimum absolute atomic E-state index is 0.0550. The summed E-state index contributed by atoms with van der Waals surface area (Å²) in [4.78, 5) is 58.8. The predicted molar refractivity (Wildman–Crippen MR) is 163 cm³/mol. The van der Waals surface area contributed by atoms with Crippen LogP contribution in [0.5, 0.6) is 5.75 Å². The first-order chi connectivity index (χ1) is 21.3. The topological polar surface area (TPSA) is 117 Å². The number of urea groups is 1. The van der Waals surface area contributed by atoms with Gasteiger partial charge in [0.1, 0.15) is 18.0 Å². The first-order valence-corrected chi connectivity index (χ1v) is 14.9. The zero-order valence-electron chi connectivity index (χ0n) is 24.6. The molecule has 44 heavy (non-hydrogen) atoms. The van der Waals surface area contributed by atoms with E-state index in [2.05, 4.69) is 5.32 Å². The van der Waals surface area contributed by atoms with E-state index < -0.39 is 12.2 Å². The maximum atomic E-state index is 14.1. The van der Waals surface area contributed by atoms with E-state index in [1.165, 1.54) is 5.01 Å². The number of fused-ring (bicyclic) bond motifs is 1. The van der Waals surface area contributed by atoms with Crippen LogP contribution in [0.1, 0.15) is 29.5 Å². The molecule has 0 aliphatic carbocycles. The van der Waals surface area contributed by atoms with Gasteiger partial charge in [0, 0.05) is 45.2 Å². The van der Waals surface area contributed by atoms with Crippen LogP contribution in [0.4, 0.5) is 10.5 Å². The Morgan fingerprint density at radius 1 is 0.909 bits per heavy atom. The van der Waals surface area contributed by atoms with Crippen LogP contribution in [-0.2, 0) is 33.9 Å². The molecular weight excluding hydrogens is 560 g/mol. The van der Waals surface area contributed by atoms with E-state index in [9.17, 15) is 24.3 Å². The van der Waals surface area contributed by atoms with Crippen LogP contribution in [0.15, 0.2) is 78.9 Å². The summed E-state index contributed by atoms with van der Waals surface area (Å²) >= 11 is 0. The maximum Gasteiger partial charge on any atom is 0.334 e. The quantitative estimate of drug-likeness (QED) is 0.433. The Kier molecular flexibility index (Phi) is 8.21. The molecule has 11 nitrogen and oxygen atoms in total. The van der Waals surface area contributed by atoms with Crippen molar-refractivity contribution in [1.82, 2.24) is 25.1 Å². The second-order valence-corrected chi connectivity index (χ2v) is 11.5. The number of phenols is 1. The monoisotopic (exact) mass is 596 g/mol. The number of hydrazine groups is 1. The fourth-order valence-electron chi connectivity index (χ4n) is 6.32. The van der Waals surface area contributed by atoms with Crippen molar-refractivity contribution >= 4 is 29.4 Å². The predicted octanol–water partition coefficient (Wildman–Crippen LogP) is 2.70. The molecule has 3 aliphatic heterocycles. The minimum atomic E-state index is -0.854. The molecule has 0 radical (unpaired) electrons. The SMILES string of the molecule is CN1CC(=O)N2[C@@H](Cc3ccc(O)cc3)C(=O)N(Cc3cccc(N4CCCC4=O)c3)C[C@@H]2N1C(=O)NCc1ccccc1. The molecule has 3 aromatic carbocycles. The van der Waals surface area contributed by atoms with Crippen molar-refractivity contribution in [2.75, 3.05) is 31.6 Å². The molecule has 3 aromatic rings. The molecule has 5 amide bonds. The molecule has 11 heteroatoms. The number of aromatic hydroxyl groups is 1. The Morgan fingerprint density at radius 2 is 1.66 bits per heavy atom. The number of anilines is 1. The van der Waals surface area contributed by atoms with E-state index >= 15 is 0 Å². The highest BCUT2D eigenvalue weighted by Gasteiger charge is 2.50. The number of carbonyl (C=O) groups is 4. The van der Waals surface area contributed by atoms with Crippen LogP contribution in [-0.4, -0.2) is 87.6 Å². The van der Waals surface area contributed by atoms with Gasteiger partial charge in [0.15, 0.2) is 0 Å². The molecule has 2 atom stereocenters. The summed E-state index contributed by atoms with van der Waals surface area (Å²) < 4.78 is 0. The van der Waals surface area contributed by atoms with Crippen molar-refractivity contribution in [1.29, 1.82) is 0 Å². The first kappa shape index (κ1) is 29.2. The van der Waals surface area contributed by atoms with Crippen LogP contribution in [0.25, 0.3) is 0 Å². The highest BCUT2D eigenvalue weighted by molar-refractivity contribution is 5.95. The molecule has 3 saturated heterocycles. The van der Waals surface area contributed by atoms with Gasteiger partial charge in [0.25, 0.3) is 0 Å². The van der Waals surface area contributed by atoms with E-state index in [1.807, 2.05) is 54.6 Å². The molecule has 3 aliphatic rings. The summed E-state index contributed by atoms with van der Waals surface area (Å²) in [5, 5.41) is 15.9. The third kappa shape index (κ3) is 5.96. The van der Waals surface area contributed by atoms with Gasteiger partial charge in [-0.15, -0.1) is 0 Å². The number of phenolic OH excluding ortho intramolecular Hbond substituents is 1. The van der Waals surface area contributed by atoms with E-state index in [4.69, 9.17) is 0 Å². The second kappa shape index (κ2) is 12.4. The Hall–Kier alpha value is -4.90. The normalized spacial score (nSPS) is 20.7. The molecule has 3 heterocycles. The number of hydrogen-bond donors (Lipinski definition) is 2. The van der Waals surface area contributed by atoms with E-state index in [0.717, 1.165) is 28.8 Å². The number of likely N-dealkylation sites (N-methyl/N-ethyl adjacent to an activating group) is 1. The summed E-state index contributed by atoms with van der Waals surface area (Å²) in [6.07, 6.45) is 0.826. The number of hydrogen-bond acceptors (Lipinski definition) is 6. The molecule has 6 rings (SSSR count). The molecule has 3 fully saturated rings.